The number of esters is 1. The van der Waals surface area contributed by atoms with Gasteiger partial charge in [-0.15, -0.1) is 0 Å². The van der Waals surface area contributed by atoms with Crippen molar-refractivity contribution in [2.45, 2.75) is 31.1 Å². The summed E-state index contributed by atoms with van der Waals surface area (Å²) in [5.74, 6) is 1.89. The fraction of sp³-hybridized carbons (Fsp3) is 0.562. The number of benzene rings is 1. The van der Waals surface area contributed by atoms with Crippen LogP contribution >= 0.6 is 23.4 Å². The fourth-order valence-corrected chi connectivity index (χ4v) is 3.94. The second-order valence-corrected chi connectivity index (χ2v) is 6.76. The highest BCUT2D eigenvalue weighted by Gasteiger charge is 2.50. The van der Waals surface area contributed by atoms with Crippen molar-refractivity contribution in [1.82, 2.24) is 5.32 Å². The van der Waals surface area contributed by atoms with Crippen molar-refractivity contribution in [3.05, 3.63) is 34.9 Å². The maximum atomic E-state index is 12.3. The van der Waals surface area contributed by atoms with Crippen LogP contribution in [0.25, 0.3) is 0 Å². The van der Waals surface area contributed by atoms with Crippen LogP contribution in [0.2, 0.25) is 5.02 Å². The van der Waals surface area contributed by atoms with Gasteiger partial charge in [-0.3, -0.25) is 4.79 Å². The van der Waals surface area contributed by atoms with Gasteiger partial charge in [-0.25, -0.2) is 0 Å². The number of carbonyl (C=O) groups is 1. The molecule has 21 heavy (non-hydrogen) atoms. The van der Waals surface area contributed by atoms with Crippen LogP contribution in [0.1, 0.15) is 25.3 Å². The Labute approximate surface area is 135 Å². The molecule has 116 valence electrons. The van der Waals surface area contributed by atoms with Crippen LogP contribution in [0.4, 0.5) is 0 Å². The van der Waals surface area contributed by atoms with Crippen LogP contribution in [0.5, 0.6) is 0 Å². The quantitative estimate of drug-likeness (QED) is 0.742. The van der Waals surface area contributed by atoms with E-state index in [4.69, 9.17) is 16.3 Å². The normalized spacial score (nSPS) is 17.3. The van der Waals surface area contributed by atoms with Gasteiger partial charge in [-0.1, -0.05) is 23.7 Å². The largest absolute Gasteiger partial charge is 0.465 e. The third kappa shape index (κ3) is 4.15. The monoisotopic (exact) mass is 327 g/mol. The van der Waals surface area contributed by atoms with Gasteiger partial charge in [0.05, 0.1) is 6.61 Å². The molecule has 0 aliphatic heterocycles. The van der Waals surface area contributed by atoms with Crippen LogP contribution in [0.3, 0.4) is 0 Å². The predicted molar refractivity (Wildman–Crippen MR) is 88.8 cm³/mol. The van der Waals surface area contributed by atoms with Crippen LogP contribution < -0.4 is 5.32 Å². The maximum absolute atomic E-state index is 12.3. The van der Waals surface area contributed by atoms with Gasteiger partial charge in [0, 0.05) is 16.5 Å². The molecule has 0 bridgehead atoms. The summed E-state index contributed by atoms with van der Waals surface area (Å²) in [5, 5.41) is 3.99. The predicted octanol–water partition coefficient (Wildman–Crippen LogP) is 3.50. The van der Waals surface area contributed by atoms with E-state index < -0.39 is 5.54 Å². The second-order valence-electron chi connectivity index (χ2n) is 5.34. The molecule has 1 aliphatic carbocycles. The van der Waals surface area contributed by atoms with Crippen LogP contribution in [0, 0.1) is 5.92 Å². The Morgan fingerprint density at radius 3 is 2.62 bits per heavy atom. The summed E-state index contributed by atoms with van der Waals surface area (Å²) >= 11 is 7.65. The van der Waals surface area contributed by atoms with Crippen molar-refractivity contribution in [2.75, 3.05) is 19.4 Å². The van der Waals surface area contributed by atoms with Gasteiger partial charge in [0.25, 0.3) is 0 Å². The summed E-state index contributed by atoms with van der Waals surface area (Å²) in [5.41, 5.74) is 0.682. The Balaban J connectivity index is 1.95. The van der Waals surface area contributed by atoms with E-state index >= 15 is 0 Å². The third-order valence-electron chi connectivity index (χ3n) is 3.87. The van der Waals surface area contributed by atoms with Crippen molar-refractivity contribution in [3.8, 4) is 0 Å². The van der Waals surface area contributed by atoms with Gasteiger partial charge in [0.1, 0.15) is 5.54 Å². The van der Waals surface area contributed by atoms with Crippen LogP contribution in [-0.2, 0) is 15.3 Å². The molecule has 0 heterocycles. The molecular weight excluding hydrogens is 306 g/mol. The molecule has 1 fully saturated rings. The molecule has 1 aliphatic rings. The standard InChI is InChI=1S/C16H22ClNO2S/c1-3-20-15(19)16(18-2,13-6-7-13)11-21-10-12-4-8-14(17)9-5-12/h4-5,8-9,13,18H,3,6-7,10-11H2,1-2H3. The van der Waals surface area contributed by atoms with Crippen molar-refractivity contribution >= 4 is 29.3 Å². The Morgan fingerprint density at radius 1 is 1.43 bits per heavy atom. The van der Waals surface area contributed by atoms with E-state index in [2.05, 4.69) is 5.32 Å². The number of thioether (sulfide) groups is 1. The summed E-state index contributed by atoms with van der Waals surface area (Å²) in [6.07, 6.45) is 2.20. The number of hydrogen-bond acceptors (Lipinski definition) is 4. The van der Waals surface area contributed by atoms with Gasteiger partial charge in [0.15, 0.2) is 0 Å². The van der Waals surface area contributed by atoms with E-state index in [1.165, 1.54) is 5.56 Å². The molecule has 0 saturated heterocycles. The van der Waals surface area contributed by atoms with Crippen molar-refractivity contribution in [2.24, 2.45) is 5.92 Å². The number of nitrogens with one attached hydrogen (secondary N) is 1. The molecule has 1 aromatic rings. The average Bonchev–Trinajstić information content (AvgIpc) is 3.31. The summed E-state index contributed by atoms with van der Waals surface area (Å²) in [7, 11) is 1.86. The molecule has 0 spiro atoms. The lowest BCUT2D eigenvalue weighted by Gasteiger charge is -2.31. The van der Waals surface area contributed by atoms with Gasteiger partial charge in [-0.05, 0) is 50.4 Å². The Morgan fingerprint density at radius 2 is 2.10 bits per heavy atom. The van der Waals surface area contributed by atoms with Gasteiger partial charge >= 0.3 is 5.97 Å². The smallest absolute Gasteiger partial charge is 0.327 e. The number of halogens is 1. The van der Waals surface area contributed by atoms with Gasteiger partial charge in [-0.2, -0.15) is 11.8 Å². The van der Waals surface area contributed by atoms with Gasteiger partial charge < -0.3 is 10.1 Å². The number of hydrogen-bond donors (Lipinski definition) is 1. The van der Waals surface area contributed by atoms with E-state index in [0.717, 1.165) is 29.4 Å². The topological polar surface area (TPSA) is 38.3 Å². The third-order valence-corrected chi connectivity index (χ3v) is 5.32. The highest BCUT2D eigenvalue weighted by molar-refractivity contribution is 7.98. The van der Waals surface area contributed by atoms with Crippen molar-refractivity contribution < 1.29 is 9.53 Å². The minimum Gasteiger partial charge on any atom is -0.465 e. The first kappa shape index (κ1) is 16.7. The minimum atomic E-state index is -0.535. The number of rotatable bonds is 8. The molecular formula is C16H22ClNO2S. The first-order chi connectivity index (χ1) is 10.1. The lowest BCUT2D eigenvalue weighted by molar-refractivity contribution is -0.150. The fourth-order valence-electron chi connectivity index (χ4n) is 2.47. The molecule has 1 atom stereocenters. The molecule has 0 amide bonds. The molecule has 0 radical (unpaired) electrons. The number of likely N-dealkylation sites (N-methyl/N-ethyl adjacent to an activating group) is 1. The minimum absolute atomic E-state index is 0.112. The molecule has 1 unspecified atom stereocenters. The zero-order valence-corrected chi connectivity index (χ0v) is 14.1. The molecule has 3 nitrogen and oxygen atoms in total. The Kier molecular flexibility index (Phi) is 5.97. The second kappa shape index (κ2) is 7.52. The van der Waals surface area contributed by atoms with E-state index in [0.29, 0.717) is 12.5 Å². The van der Waals surface area contributed by atoms with Crippen molar-refractivity contribution in [3.63, 3.8) is 0 Å². The molecule has 0 aromatic heterocycles. The summed E-state index contributed by atoms with van der Waals surface area (Å²) < 4.78 is 5.29. The number of ether oxygens (including phenoxy) is 1. The molecule has 2 rings (SSSR count). The van der Waals surface area contributed by atoms with E-state index in [-0.39, 0.29) is 5.97 Å². The van der Waals surface area contributed by atoms with Crippen molar-refractivity contribution in [1.29, 1.82) is 0 Å². The molecule has 1 saturated carbocycles. The van der Waals surface area contributed by atoms with E-state index in [9.17, 15) is 4.79 Å². The first-order valence-corrected chi connectivity index (χ1v) is 8.84. The van der Waals surface area contributed by atoms with E-state index in [1.807, 2.05) is 38.2 Å². The summed E-state index contributed by atoms with van der Waals surface area (Å²) in [4.78, 5) is 12.3. The Hall–Kier alpha value is -0.710. The molecule has 1 aromatic carbocycles. The molecule has 1 N–H and O–H groups in total. The van der Waals surface area contributed by atoms with E-state index in [1.54, 1.807) is 11.8 Å². The van der Waals surface area contributed by atoms with Crippen LogP contribution in [-0.4, -0.2) is 30.9 Å². The SMILES string of the molecule is CCOC(=O)C(CSCc1ccc(Cl)cc1)(NC)C1CC1. The lowest BCUT2D eigenvalue weighted by atomic mass is 9.96. The molecule has 5 heteroatoms. The van der Waals surface area contributed by atoms with Gasteiger partial charge in [0.2, 0.25) is 0 Å². The number of carbonyl (C=O) groups excluding carboxylic acids is 1. The summed E-state index contributed by atoms with van der Waals surface area (Å²) in [6, 6.07) is 7.85. The zero-order valence-electron chi connectivity index (χ0n) is 12.5. The maximum Gasteiger partial charge on any atom is 0.327 e. The van der Waals surface area contributed by atoms with Crippen LogP contribution in [0.15, 0.2) is 24.3 Å². The first-order valence-electron chi connectivity index (χ1n) is 7.30. The average molecular weight is 328 g/mol. The lowest BCUT2D eigenvalue weighted by Crippen LogP contribution is -2.55. The highest BCUT2D eigenvalue weighted by Crippen LogP contribution is 2.42. The zero-order chi connectivity index (χ0) is 15.3. The Bertz CT molecular complexity index is 476. The summed E-state index contributed by atoms with van der Waals surface area (Å²) in [6.45, 7) is 2.28. The highest BCUT2D eigenvalue weighted by atomic mass is 35.5.